The number of ether oxygens (including phenoxy) is 1. The number of aromatic nitrogens is 2. The van der Waals surface area contributed by atoms with Crippen LogP contribution in [0.25, 0.3) is 11.4 Å². The molecule has 3 aliphatic heterocycles. The number of hydrogen-bond donors (Lipinski definition) is 1. The first-order valence-corrected chi connectivity index (χ1v) is 10.8. The molecule has 6 nitrogen and oxygen atoms in total. The summed E-state index contributed by atoms with van der Waals surface area (Å²) in [6.45, 7) is 3.09. The highest BCUT2D eigenvalue weighted by atomic mass is 16.5. The van der Waals surface area contributed by atoms with E-state index in [2.05, 4.69) is 10.3 Å². The molecule has 6 heteroatoms. The van der Waals surface area contributed by atoms with Crippen molar-refractivity contribution in [2.24, 2.45) is 0 Å². The van der Waals surface area contributed by atoms with Gasteiger partial charge in [-0.1, -0.05) is 36.8 Å². The van der Waals surface area contributed by atoms with Gasteiger partial charge in [0.05, 0.1) is 18.3 Å². The van der Waals surface area contributed by atoms with Crippen LogP contribution < -0.4 is 5.32 Å². The summed E-state index contributed by atoms with van der Waals surface area (Å²) in [6.07, 6.45) is 7.66. The molecule has 1 spiro atoms. The standard InChI is InChI=1S/C23H28N4O2/c28-22(19-8-4-5-12-24-19)27-13-10-23(11-14-27)20-18(9-15-29-23)16-25-21(26-20)17-6-2-1-3-7-17/h1-3,6-7,16,19,24H,4-5,8-15H2/t19-/m0/s1. The normalized spacial score (nSPS) is 23.6. The van der Waals surface area contributed by atoms with Crippen LogP contribution in [0.3, 0.4) is 0 Å². The third-order valence-electron chi connectivity index (χ3n) is 6.57. The number of carbonyl (C=O) groups excluding carboxylic acids is 1. The summed E-state index contributed by atoms with van der Waals surface area (Å²) >= 11 is 0. The second-order valence-corrected chi connectivity index (χ2v) is 8.35. The van der Waals surface area contributed by atoms with Crippen LogP contribution in [0.5, 0.6) is 0 Å². The van der Waals surface area contributed by atoms with Crippen LogP contribution in [0.2, 0.25) is 0 Å². The average Bonchev–Trinajstić information content (AvgIpc) is 2.80. The first kappa shape index (κ1) is 18.7. The number of likely N-dealkylation sites (tertiary alicyclic amines) is 1. The van der Waals surface area contributed by atoms with Gasteiger partial charge in [0.2, 0.25) is 5.91 Å². The van der Waals surface area contributed by atoms with Gasteiger partial charge in [-0.05, 0) is 44.2 Å². The van der Waals surface area contributed by atoms with Crippen LogP contribution in [0.15, 0.2) is 36.5 Å². The minimum absolute atomic E-state index is 0.00984. The van der Waals surface area contributed by atoms with Gasteiger partial charge in [-0.15, -0.1) is 0 Å². The lowest BCUT2D eigenvalue weighted by molar-refractivity contribution is -0.143. The van der Waals surface area contributed by atoms with Gasteiger partial charge >= 0.3 is 0 Å². The Balaban J connectivity index is 1.37. The number of benzene rings is 1. The molecule has 0 bridgehead atoms. The van der Waals surface area contributed by atoms with E-state index < -0.39 is 5.60 Å². The highest BCUT2D eigenvalue weighted by Crippen LogP contribution is 2.41. The number of piperidine rings is 2. The lowest BCUT2D eigenvalue weighted by Crippen LogP contribution is -2.54. The van der Waals surface area contributed by atoms with E-state index in [1.54, 1.807) is 0 Å². The second-order valence-electron chi connectivity index (χ2n) is 8.35. The summed E-state index contributed by atoms with van der Waals surface area (Å²) in [5.74, 6) is 1.00. The molecule has 1 aromatic carbocycles. The van der Waals surface area contributed by atoms with Gasteiger partial charge in [0.15, 0.2) is 5.82 Å². The van der Waals surface area contributed by atoms with Crippen LogP contribution in [-0.4, -0.2) is 53.1 Å². The van der Waals surface area contributed by atoms with Crippen LogP contribution in [0.4, 0.5) is 0 Å². The average molecular weight is 393 g/mol. The fraction of sp³-hybridized carbons (Fsp3) is 0.522. The Hall–Kier alpha value is -2.31. The van der Waals surface area contributed by atoms with Crippen molar-refractivity contribution in [3.63, 3.8) is 0 Å². The van der Waals surface area contributed by atoms with Crippen molar-refractivity contribution in [1.82, 2.24) is 20.2 Å². The fourth-order valence-electron chi connectivity index (χ4n) is 4.89. The molecule has 1 aromatic heterocycles. The first-order valence-electron chi connectivity index (χ1n) is 10.8. The molecular formula is C23H28N4O2. The van der Waals surface area contributed by atoms with Crippen molar-refractivity contribution < 1.29 is 9.53 Å². The number of nitrogens with one attached hydrogen (secondary N) is 1. The van der Waals surface area contributed by atoms with E-state index in [1.807, 2.05) is 41.4 Å². The number of nitrogens with zero attached hydrogens (tertiary/aromatic N) is 3. The molecule has 152 valence electrons. The smallest absolute Gasteiger partial charge is 0.239 e. The molecular weight excluding hydrogens is 364 g/mol. The minimum Gasteiger partial charge on any atom is -0.368 e. The number of hydrogen-bond acceptors (Lipinski definition) is 5. The molecule has 0 aliphatic carbocycles. The Kier molecular flexibility index (Phi) is 5.06. The Morgan fingerprint density at radius 2 is 2.00 bits per heavy atom. The summed E-state index contributed by atoms with van der Waals surface area (Å²) in [5.41, 5.74) is 2.84. The second kappa shape index (κ2) is 7.84. The van der Waals surface area contributed by atoms with Crippen LogP contribution in [0, 0.1) is 0 Å². The number of carbonyl (C=O) groups is 1. The van der Waals surface area contributed by atoms with E-state index in [-0.39, 0.29) is 11.9 Å². The van der Waals surface area contributed by atoms with Crippen molar-refractivity contribution in [2.45, 2.75) is 50.2 Å². The van der Waals surface area contributed by atoms with Crippen LogP contribution in [0.1, 0.15) is 43.4 Å². The van der Waals surface area contributed by atoms with Crippen molar-refractivity contribution >= 4 is 5.91 Å². The predicted molar refractivity (Wildman–Crippen MR) is 110 cm³/mol. The van der Waals surface area contributed by atoms with Gasteiger partial charge < -0.3 is 15.0 Å². The molecule has 2 saturated heterocycles. The Bertz CT molecular complexity index is 872. The van der Waals surface area contributed by atoms with Gasteiger partial charge in [-0.2, -0.15) is 0 Å². The molecule has 2 aromatic rings. The number of fused-ring (bicyclic) bond motifs is 2. The van der Waals surface area contributed by atoms with E-state index in [0.717, 1.165) is 68.8 Å². The molecule has 0 saturated carbocycles. The maximum Gasteiger partial charge on any atom is 0.239 e. The summed E-state index contributed by atoms with van der Waals surface area (Å²) < 4.78 is 6.35. The van der Waals surface area contributed by atoms with E-state index in [9.17, 15) is 4.79 Å². The summed E-state index contributed by atoms with van der Waals surface area (Å²) in [7, 11) is 0. The largest absolute Gasteiger partial charge is 0.368 e. The summed E-state index contributed by atoms with van der Waals surface area (Å²) in [5, 5.41) is 3.39. The van der Waals surface area contributed by atoms with E-state index >= 15 is 0 Å². The quantitative estimate of drug-likeness (QED) is 0.851. The van der Waals surface area contributed by atoms with Crippen molar-refractivity contribution in [1.29, 1.82) is 0 Å². The predicted octanol–water partition coefficient (Wildman–Crippen LogP) is 2.68. The van der Waals surface area contributed by atoms with E-state index in [1.165, 1.54) is 12.0 Å². The minimum atomic E-state index is -0.392. The number of rotatable bonds is 2. The van der Waals surface area contributed by atoms with Gasteiger partial charge in [-0.3, -0.25) is 4.79 Å². The molecule has 4 heterocycles. The molecule has 2 fully saturated rings. The highest BCUT2D eigenvalue weighted by Gasteiger charge is 2.44. The maximum absolute atomic E-state index is 12.9. The third kappa shape index (κ3) is 3.55. The van der Waals surface area contributed by atoms with Crippen LogP contribution >= 0.6 is 0 Å². The molecule has 3 aliphatic rings. The third-order valence-corrected chi connectivity index (χ3v) is 6.57. The van der Waals surface area contributed by atoms with Crippen molar-refractivity contribution in [2.75, 3.05) is 26.2 Å². The maximum atomic E-state index is 12.9. The summed E-state index contributed by atoms with van der Waals surface area (Å²) in [6, 6.07) is 10.1. The zero-order valence-corrected chi connectivity index (χ0v) is 16.8. The lowest BCUT2D eigenvalue weighted by Gasteiger charge is -2.44. The van der Waals surface area contributed by atoms with Gasteiger partial charge in [0.1, 0.15) is 5.60 Å². The zero-order valence-electron chi connectivity index (χ0n) is 16.8. The molecule has 1 atom stereocenters. The van der Waals surface area contributed by atoms with Gasteiger partial charge in [0, 0.05) is 24.8 Å². The monoisotopic (exact) mass is 392 g/mol. The molecule has 0 unspecified atom stereocenters. The van der Waals surface area contributed by atoms with Crippen molar-refractivity contribution in [3.05, 3.63) is 47.8 Å². The lowest BCUT2D eigenvalue weighted by atomic mass is 9.83. The summed E-state index contributed by atoms with van der Waals surface area (Å²) in [4.78, 5) is 24.5. The molecule has 1 N–H and O–H groups in total. The Labute approximate surface area is 171 Å². The van der Waals surface area contributed by atoms with E-state index in [0.29, 0.717) is 6.61 Å². The SMILES string of the molecule is O=C([C@@H]1CCCCN1)N1CCC2(CC1)OCCc1cnc(-c3ccccc3)nc12. The van der Waals surface area contributed by atoms with E-state index in [4.69, 9.17) is 9.72 Å². The number of amides is 1. The molecule has 0 radical (unpaired) electrons. The topological polar surface area (TPSA) is 67.4 Å². The first-order chi connectivity index (χ1) is 14.3. The van der Waals surface area contributed by atoms with Gasteiger partial charge in [-0.25, -0.2) is 9.97 Å². The molecule has 5 rings (SSSR count). The molecule has 29 heavy (non-hydrogen) atoms. The Morgan fingerprint density at radius 3 is 2.76 bits per heavy atom. The highest BCUT2D eigenvalue weighted by molar-refractivity contribution is 5.82. The zero-order chi connectivity index (χ0) is 19.7. The molecule has 1 amide bonds. The van der Waals surface area contributed by atoms with Gasteiger partial charge in [0.25, 0.3) is 0 Å². The fourth-order valence-corrected chi connectivity index (χ4v) is 4.89. The van der Waals surface area contributed by atoms with Crippen LogP contribution in [-0.2, 0) is 21.6 Å². The van der Waals surface area contributed by atoms with Crippen molar-refractivity contribution in [3.8, 4) is 11.4 Å². The Morgan fingerprint density at radius 1 is 1.17 bits per heavy atom.